The number of carbonyl (C=O) groups excluding carboxylic acids is 1. The van der Waals surface area contributed by atoms with Crippen molar-refractivity contribution in [1.29, 1.82) is 0 Å². The Morgan fingerprint density at radius 2 is 2.06 bits per heavy atom. The van der Waals surface area contributed by atoms with E-state index in [1.807, 2.05) is 6.92 Å². The van der Waals surface area contributed by atoms with Gasteiger partial charge in [0.1, 0.15) is 10.7 Å². The molecule has 4 N–H and O–H groups in total. The Labute approximate surface area is 99.6 Å². The van der Waals surface area contributed by atoms with Crippen LogP contribution in [0.1, 0.15) is 18.9 Å². The first-order valence-electron chi connectivity index (χ1n) is 4.91. The molecule has 0 saturated heterocycles. The fourth-order valence-corrected chi connectivity index (χ4v) is 1.44. The lowest BCUT2D eigenvalue weighted by atomic mass is 10.2. The van der Waals surface area contributed by atoms with E-state index in [0.717, 1.165) is 0 Å². The molecule has 1 aromatic rings. The van der Waals surface area contributed by atoms with E-state index >= 15 is 0 Å². The number of hydrogen-bond donors (Lipinski definition) is 2. The first-order valence-corrected chi connectivity index (χ1v) is 5.32. The number of rotatable bonds is 5. The molecule has 0 fully saturated rings. The smallest absolute Gasteiger partial charge is 0.258 e. The van der Waals surface area contributed by atoms with Crippen molar-refractivity contribution in [2.75, 3.05) is 0 Å². The zero-order chi connectivity index (χ0) is 12.1. The van der Waals surface area contributed by atoms with E-state index in [0.29, 0.717) is 17.7 Å². The van der Waals surface area contributed by atoms with Gasteiger partial charge in [0.2, 0.25) is 0 Å². The van der Waals surface area contributed by atoms with Crippen LogP contribution in [-0.2, 0) is 4.79 Å². The Morgan fingerprint density at radius 1 is 1.44 bits per heavy atom. The minimum absolute atomic E-state index is 0.231. The zero-order valence-electron chi connectivity index (χ0n) is 8.97. The lowest BCUT2D eigenvalue weighted by molar-refractivity contribution is -0.124. The van der Waals surface area contributed by atoms with Gasteiger partial charge < -0.3 is 16.2 Å². The molecule has 5 heteroatoms. The summed E-state index contributed by atoms with van der Waals surface area (Å²) < 4.78 is 5.48. The van der Waals surface area contributed by atoms with Crippen LogP contribution in [0.15, 0.2) is 24.3 Å². The Hall–Kier alpha value is -1.62. The number of hydrogen-bond acceptors (Lipinski definition) is 3. The number of nitrogens with two attached hydrogens (primary N) is 2. The second kappa shape index (κ2) is 5.46. The van der Waals surface area contributed by atoms with Crippen LogP contribution in [0.25, 0.3) is 0 Å². The van der Waals surface area contributed by atoms with Gasteiger partial charge >= 0.3 is 0 Å². The SMILES string of the molecule is CCC(Oc1ccccc1C(N)=S)C(N)=O. The fraction of sp³-hybridized carbons (Fsp3) is 0.273. The topological polar surface area (TPSA) is 78.3 Å². The maximum absolute atomic E-state index is 11.0. The molecule has 86 valence electrons. The second-order valence-corrected chi connectivity index (χ2v) is 3.72. The fourth-order valence-electron chi connectivity index (χ4n) is 1.27. The number of ether oxygens (including phenoxy) is 1. The molecule has 0 bridgehead atoms. The normalized spacial score (nSPS) is 11.8. The highest BCUT2D eigenvalue weighted by molar-refractivity contribution is 7.80. The maximum Gasteiger partial charge on any atom is 0.258 e. The highest BCUT2D eigenvalue weighted by atomic mass is 32.1. The molecular formula is C11H14N2O2S. The Kier molecular flexibility index (Phi) is 4.25. The van der Waals surface area contributed by atoms with Crippen LogP contribution < -0.4 is 16.2 Å². The number of benzene rings is 1. The first kappa shape index (κ1) is 12.4. The molecule has 1 unspecified atom stereocenters. The van der Waals surface area contributed by atoms with Crippen molar-refractivity contribution in [3.8, 4) is 5.75 Å². The van der Waals surface area contributed by atoms with E-state index in [1.54, 1.807) is 24.3 Å². The summed E-state index contributed by atoms with van der Waals surface area (Å²) in [5, 5.41) is 0. The highest BCUT2D eigenvalue weighted by Gasteiger charge is 2.16. The summed E-state index contributed by atoms with van der Waals surface area (Å²) in [4.78, 5) is 11.3. The monoisotopic (exact) mass is 238 g/mol. The van der Waals surface area contributed by atoms with Crippen LogP contribution in [0, 0.1) is 0 Å². The number of primary amides is 1. The van der Waals surface area contributed by atoms with Gasteiger partial charge in [-0.1, -0.05) is 31.3 Å². The Morgan fingerprint density at radius 3 is 2.56 bits per heavy atom. The standard InChI is InChI=1S/C11H14N2O2S/c1-2-8(10(12)14)15-9-6-4-3-5-7(9)11(13)16/h3-6,8H,2H2,1H3,(H2,12,14)(H2,13,16). The van der Waals surface area contributed by atoms with Gasteiger partial charge in [0.05, 0.1) is 5.56 Å². The van der Waals surface area contributed by atoms with Crippen LogP contribution in [-0.4, -0.2) is 17.0 Å². The first-order chi connectivity index (χ1) is 7.56. The number of amides is 1. The molecule has 0 aliphatic heterocycles. The summed E-state index contributed by atoms with van der Waals surface area (Å²) >= 11 is 4.89. The largest absolute Gasteiger partial charge is 0.480 e. The third-order valence-corrected chi connectivity index (χ3v) is 2.33. The van der Waals surface area contributed by atoms with E-state index in [9.17, 15) is 4.79 Å². The van der Waals surface area contributed by atoms with Gasteiger partial charge in [0, 0.05) is 0 Å². The number of para-hydroxylation sites is 1. The predicted molar refractivity (Wildman–Crippen MR) is 66.2 cm³/mol. The lowest BCUT2D eigenvalue weighted by Gasteiger charge is -2.16. The summed E-state index contributed by atoms with van der Waals surface area (Å²) in [5.74, 6) is -0.0131. The molecule has 4 nitrogen and oxygen atoms in total. The minimum Gasteiger partial charge on any atom is -0.480 e. The number of thiocarbonyl (C=S) groups is 1. The van der Waals surface area contributed by atoms with Crippen LogP contribution in [0.2, 0.25) is 0 Å². The molecule has 0 aliphatic rings. The average molecular weight is 238 g/mol. The van der Waals surface area contributed by atoms with Crippen molar-refractivity contribution in [3.63, 3.8) is 0 Å². The van der Waals surface area contributed by atoms with Gasteiger partial charge in [-0.3, -0.25) is 4.79 Å². The average Bonchev–Trinajstić information content (AvgIpc) is 2.25. The third-order valence-electron chi connectivity index (χ3n) is 2.11. The molecule has 16 heavy (non-hydrogen) atoms. The van der Waals surface area contributed by atoms with E-state index in [-0.39, 0.29) is 4.99 Å². The van der Waals surface area contributed by atoms with E-state index in [2.05, 4.69) is 0 Å². The zero-order valence-corrected chi connectivity index (χ0v) is 9.79. The summed E-state index contributed by atoms with van der Waals surface area (Å²) in [6, 6.07) is 7.03. The van der Waals surface area contributed by atoms with E-state index in [4.69, 9.17) is 28.4 Å². The summed E-state index contributed by atoms with van der Waals surface area (Å²) in [5.41, 5.74) is 11.3. The van der Waals surface area contributed by atoms with Gasteiger partial charge in [-0.15, -0.1) is 0 Å². The Balaban J connectivity index is 2.95. The summed E-state index contributed by atoms with van der Waals surface area (Å²) in [6.07, 6.45) is -0.156. The molecule has 0 heterocycles. The highest BCUT2D eigenvalue weighted by Crippen LogP contribution is 2.19. The van der Waals surface area contributed by atoms with Crippen LogP contribution in [0.3, 0.4) is 0 Å². The van der Waals surface area contributed by atoms with Crippen molar-refractivity contribution in [2.45, 2.75) is 19.4 Å². The Bertz CT molecular complexity index is 407. The van der Waals surface area contributed by atoms with Crippen LogP contribution >= 0.6 is 12.2 Å². The van der Waals surface area contributed by atoms with Gasteiger partial charge in [0.25, 0.3) is 5.91 Å². The third kappa shape index (κ3) is 2.93. The molecular weight excluding hydrogens is 224 g/mol. The van der Waals surface area contributed by atoms with Crippen LogP contribution in [0.4, 0.5) is 0 Å². The van der Waals surface area contributed by atoms with Gasteiger partial charge in [-0.2, -0.15) is 0 Å². The number of carbonyl (C=O) groups is 1. The van der Waals surface area contributed by atoms with Gasteiger partial charge in [0.15, 0.2) is 6.10 Å². The van der Waals surface area contributed by atoms with Crippen molar-refractivity contribution >= 4 is 23.1 Å². The molecule has 1 aromatic carbocycles. The van der Waals surface area contributed by atoms with Crippen molar-refractivity contribution in [1.82, 2.24) is 0 Å². The van der Waals surface area contributed by atoms with E-state index < -0.39 is 12.0 Å². The summed E-state index contributed by atoms with van der Waals surface area (Å²) in [6.45, 7) is 1.82. The molecule has 0 aromatic heterocycles. The molecule has 0 saturated carbocycles. The molecule has 1 rings (SSSR count). The van der Waals surface area contributed by atoms with Crippen molar-refractivity contribution in [3.05, 3.63) is 29.8 Å². The molecule has 0 aliphatic carbocycles. The maximum atomic E-state index is 11.0. The van der Waals surface area contributed by atoms with Crippen molar-refractivity contribution < 1.29 is 9.53 Å². The minimum atomic E-state index is -0.657. The molecule has 0 spiro atoms. The second-order valence-electron chi connectivity index (χ2n) is 3.28. The van der Waals surface area contributed by atoms with Crippen LogP contribution in [0.5, 0.6) is 5.75 Å². The van der Waals surface area contributed by atoms with Crippen molar-refractivity contribution in [2.24, 2.45) is 11.5 Å². The predicted octanol–water partition coefficient (Wildman–Crippen LogP) is 0.964. The molecule has 1 atom stereocenters. The summed E-state index contributed by atoms with van der Waals surface area (Å²) in [7, 11) is 0. The quantitative estimate of drug-likeness (QED) is 0.749. The van der Waals surface area contributed by atoms with E-state index in [1.165, 1.54) is 0 Å². The lowest BCUT2D eigenvalue weighted by Crippen LogP contribution is -2.33. The molecule has 0 radical (unpaired) electrons. The molecule has 1 amide bonds. The van der Waals surface area contributed by atoms with Gasteiger partial charge in [-0.05, 0) is 18.6 Å². The van der Waals surface area contributed by atoms with Gasteiger partial charge in [-0.25, -0.2) is 0 Å².